The first-order chi connectivity index (χ1) is 17.7. The third-order valence-electron chi connectivity index (χ3n) is 5.82. The van der Waals surface area contributed by atoms with Gasteiger partial charge in [0.1, 0.15) is 0 Å². The quantitative estimate of drug-likeness (QED) is 0.361. The number of aromatic hydroxyl groups is 1. The Morgan fingerprint density at radius 3 is 2.32 bits per heavy atom. The number of rotatable bonds is 7. The van der Waals surface area contributed by atoms with Crippen LogP contribution < -0.4 is 24.4 Å². The van der Waals surface area contributed by atoms with E-state index in [1.165, 1.54) is 25.6 Å². The molecule has 2 heterocycles. The Labute approximate surface area is 222 Å². The highest BCUT2D eigenvalue weighted by Crippen LogP contribution is 2.37. The summed E-state index contributed by atoms with van der Waals surface area (Å²) in [5.41, 5.74) is 1.93. The van der Waals surface area contributed by atoms with Crippen LogP contribution in [0.4, 0.5) is 0 Å². The molecule has 1 atom stereocenters. The average Bonchev–Trinajstić information content (AvgIpc) is 3.17. The molecule has 0 saturated carbocycles. The van der Waals surface area contributed by atoms with Gasteiger partial charge in [-0.05, 0) is 68.5 Å². The number of methoxy groups -OCH3 is 2. The van der Waals surface area contributed by atoms with Gasteiger partial charge in [-0.3, -0.25) is 9.36 Å². The SMILES string of the molecule is COc1cc(/C=c2/sc3n(c2=O)[C@H](c2ccc(SC)cc2)C(C(=O)OC(C)C)=C(C)N=3)cc(OC)c1O. The van der Waals surface area contributed by atoms with E-state index in [0.29, 0.717) is 26.2 Å². The van der Waals surface area contributed by atoms with Crippen LogP contribution >= 0.6 is 23.1 Å². The van der Waals surface area contributed by atoms with E-state index in [2.05, 4.69) is 4.99 Å². The first kappa shape index (κ1) is 26.6. The molecule has 0 radical (unpaired) electrons. The fourth-order valence-corrected chi connectivity index (χ4v) is 5.57. The molecule has 10 heteroatoms. The Morgan fingerprint density at radius 2 is 1.78 bits per heavy atom. The van der Waals surface area contributed by atoms with E-state index in [1.54, 1.807) is 55.3 Å². The van der Waals surface area contributed by atoms with Crippen LogP contribution in [0.25, 0.3) is 6.08 Å². The molecule has 0 fully saturated rings. The molecular weight excluding hydrogens is 512 g/mol. The van der Waals surface area contributed by atoms with E-state index in [-0.39, 0.29) is 28.9 Å². The van der Waals surface area contributed by atoms with Crippen LogP contribution in [0.2, 0.25) is 0 Å². The molecule has 0 amide bonds. The second kappa shape index (κ2) is 10.9. The number of fused-ring (bicyclic) bond motifs is 1. The number of allylic oxidation sites excluding steroid dienone is 1. The third kappa shape index (κ3) is 5.17. The topological polar surface area (TPSA) is 99.4 Å². The number of phenols is 1. The lowest BCUT2D eigenvalue weighted by atomic mass is 9.96. The Hall–Kier alpha value is -3.50. The molecular formula is C27H28N2O6S2. The van der Waals surface area contributed by atoms with Crippen LogP contribution in [0.3, 0.4) is 0 Å². The molecule has 3 aromatic rings. The van der Waals surface area contributed by atoms with Gasteiger partial charge in [0.05, 0.1) is 42.2 Å². The monoisotopic (exact) mass is 540 g/mol. The smallest absolute Gasteiger partial charge is 0.338 e. The highest BCUT2D eigenvalue weighted by atomic mass is 32.2. The largest absolute Gasteiger partial charge is 0.502 e. The predicted octanol–water partition coefficient (Wildman–Crippen LogP) is 3.63. The Kier molecular flexibility index (Phi) is 7.79. The first-order valence-corrected chi connectivity index (χ1v) is 13.5. The summed E-state index contributed by atoms with van der Waals surface area (Å²) in [4.78, 5) is 33.2. The molecule has 1 aliphatic heterocycles. The van der Waals surface area contributed by atoms with Gasteiger partial charge in [-0.1, -0.05) is 23.5 Å². The van der Waals surface area contributed by atoms with Gasteiger partial charge in [-0.2, -0.15) is 0 Å². The van der Waals surface area contributed by atoms with Gasteiger partial charge >= 0.3 is 5.97 Å². The van der Waals surface area contributed by atoms with Crippen molar-refractivity contribution in [1.82, 2.24) is 4.57 Å². The van der Waals surface area contributed by atoms with Crippen LogP contribution in [-0.2, 0) is 9.53 Å². The van der Waals surface area contributed by atoms with Crippen LogP contribution in [0.1, 0.15) is 37.9 Å². The highest BCUT2D eigenvalue weighted by Gasteiger charge is 2.33. The Balaban J connectivity index is 1.94. The predicted molar refractivity (Wildman–Crippen MR) is 144 cm³/mol. The number of hydrogen-bond donors (Lipinski definition) is 1. The van der Waals surface area contributed by atoms with Crippen molar-refractivity contribution in [2.24, 2.45) is 4.99 Å². The van der Waals surface area contributed by atoms with Gasteiger partial charge in [-0.15, -0.1) is 11.8 Å². The van der Waals surface area contributed by atoms with Crippen molar-refractivity contribution < 1.29 is 24.1 Å². The Bertz CT molecular complexity index is 1530. The second-order valence-electron chi connectivity index (χ2n) is 8.58. The number of aromatic nitrogens is 1. The summed E-state index contributed by atoms with van der Waals surface area (Å²) in [6.45, 7) is 5.32. The van der Waals surface area contributed by atoms with Gasteiger partial charge in [0, 0.05) is 4.90 Å². The van der Waals surface area contributed by atoms with Crippen molar-refractivity contribution >= 4 is 35.1 Å². The van der Waals surface area contributed by atoms with E-state index in [4.69, 9.17) is 14.2 Å². The Morgan fingerprint density at radius 1 is 1.16 bits per heavy atom. The van der Waals surface area contributed by atoms with Crippen LogP contribution in [0.15, 0.2) is 62.4 Å². The molecule has 0 saturated heterocycles. The molecule has 0 bridgehead atoms. The second-order valence-corrected chi connectivity index (χ2v) is 10.5. The van der Waals surface area contributed by atoms with Crippen molar-refractivity contribution in [1.29, 1.82) is 0 Å². The molecule has 2 aromatic carbocycles. The summed E-state index contributed by atoms with van der Waals surface area (Å²) >= 11 is 2.83. The summed E-state index contributed by atoms with van der Waals surface area (Å²) < 4.78 is 18.0. The number of hydrogen-bond acceptors (Lipinski definition) is 9. The molecule has 37 heavy (non-hydrogen) atoms. The van der Waals surface area contributed by atoms with E-state index >= 15 is 0 Å². The molecule has 1 N–H and O–H groups in total. The zero-order valence-corrected chi connectivity index (χ0v) is 23.0. The summed E-state index contributed by atoms with van der Waals surface area (Å²) in [5, 5.41) is 10.2. The van der Waals surface area contributed by atoms with E-state index in [0.717, 1.165) is 10.5 Å². The van der Waals surface area contributed by atoms with Crippen molar-refractivity contribution in [2.45, 2.75) is 37.8 Å². The van der Waals surface area contributed by atoms with Crippen LogP contribution in [0.5, 0.6) is 17.2 Å². The number of ether oxygens (including phenoxy) is 3. The minimum atomic E-state index is -0.690. The fraction of sp³-hybridized carbons (Fsp3) is 0.296. The van der Waals surface area contributed by atoms with Crippen molar-refractivity contribution in [3.8, 4) is 17.2 Å². The number of thiazole rings is 1. The normalized spacial score (nSPS) is 15.4. The summed E-state index contributed by atoms with van der Waals surface area (Å²) in [7, 11) is 2.88. The molecule has 0 aliphatic carbocycles. The summed E-state index contributed by atoms with van der Waals surface area (Å²) in [5.74, 6) is -0.182. The maximum atomic E-state index is 13.8. The number of thioether (sulfide) groups is 1. The molecule has 194 valence electrons. The minimum Gasteiger partial charge on any atom is -0.502 e. The lowest BCUT2D eigenvalue weighted by Gasteiger charge is -2.25. The molecule has 0 spiro atoms. The number of esters is 1. The molecule has 0 unspecified atom stereocenters. The third-order valence-corrected chi connectivity index (χ3v) is 7.54. The first-order valence-electron chi connectivity index (χ1n) is 11.5. The molecule has 8 nitrogen and oxygen atoms in total. The zero-order valence-electron chi connectivity index (χ0n) is 21.4. The molecule has 1 aliphatic rings. The fourth-order valence-electron chi connectivity index (χ4n) is 4.11. The number of benzene rings is 2. The lowest BCUT2D eigenvalue weighted by Crippen LogP contribution is -2.40. The van der Waals surface area contributed by atoms with Gasteiger partial charge < -0.3 is 19.3 Å². The van der Waals surface area contributed by atoms with E-state index in [1.807, 2.05) is 30.5 Å². The van der Waals surface area contributed by atoms with Crippen LogP contribution in [0, 0.1) is 0 Å². The van der Waals surface area contributed by atoms with E-state index < -0.39 is 12.0 Å². The standard InChI is InChI=1S/C27H28N2O6S2/c1-14(2)35-26(32)22-15(3)28-27-29(23(22)17-7-9-18(36-6)10-8-17)25(31)21(37-27)13-16-11-19(33-4)24(30)20(12-16)34-5/h7-14,23,30H,1-6H3/b21-13+/t23-/m1/s1. The minimum absolute atomic E-state index is 0.124. The number of carbonyl (C=O) groups is 1. The zero-order chi connectivity index (χ0) is 26.9. The maximum Gasteiger partial charge on any atom is 0.338 e. The summed E-state index contributed by atoms with van der Waals surface area (Å²) in [6, 6.07) is 10.3. The summed E-state index contributed by atoms with van der Waals surface area (Å²) in [6.07, 6.45) is 3.35. The lowest BCUT2D eigenvalue weighted by molar-refractivity contribution is -0.143. The highest BCUT2D eigenvalue weighted by molar-refractivity contribution is 7.98. The van der Waals surface area contributed by atoms with Gasteiger partial charge in [0.2, 0.25) is 5.75 Å². The maximum absolute atomic E-state index is 13.8. The van der Waals surface area contributed by atoms with Gasteiger partial charge in [-0.25, -0.2) is 9.79 Å². The molecule has 4 rings (SSSR count). The van der Waals surface area contributed by atoms with Gasteiger partial charge in [0.15, 0.2) is 16.3 Å². The molecule has 1 aromatic heterocycles. The van der Waals surface area contributed by atoms with Crippen molar-refractivity contribution in [2.75, 3.05) is 20.5 Å². The van der Waals surface area contributed by atoms with Crippen molar-refractivity contribution in [3.05, 3.63) is 78.5 Å². The number of nitrogens with zero attached hydrogens (tertiary/aromatic N) is 2. The average molecular weight is 541 g/mol. The van der Waals surface area contributed by atoms with Crippen LogP contribution in [-0.4, -0.2) is 42.2 Å². The van der Waals surface area contributed by atoms with Crippen molar-refractivity contribution in [3.63, 3.8) is 0 Å². The number of phenolic OH excluding ortho intramolecular Hbond substituents is 1. The van der Waals surface area contributed by atoms with E-state index in [9.17, 15) is 14.7 Å². The van der Waals surface area contributed by atoms with Gasteiger partial charge in [0.25, 0.3) is 5.56 Å². The number of carbonyl (C=O) groups excluding carboxylic acids is 1.